The Hall–Kier alpha value is -3.32. The lowest BCUT2D eigenvalue weighted by molar-refractivity contribution is 0.0677. The molecule has 3 aromatic rings. The Balaban J connectivity index is 1.92. The van der Waals surface area contributed by atoms with Crippen LogP contribution in [0.5, 0.6) is 11.5 Å². The topological polar surface area (TPSA) is 87.7 Å². The fourth-order valence-electron chi connectivity index (χ4n) is 4.22. The fourth-order valence-corrected chi connectivity index (χ4v) is 4.22. The maximum atomic E-state index is 13.2. The van der Waals surface area contributed by atoms with Gasteiger partial charge < -0.3 is 19.5 Å². The molecule has 1 aliphatic rings. The van der Waals surface area contributed by atoms with Gasteiger partial charge in [0.1, 0.15) is 22.9 Å². The van der Waals surface area contributed by atoms with Crippen LogP contribution in [-0.4, -0.2) is 53.5 Å². The predicted molar refractivity (Wildman–Crippen MR) is 113 cm³/mol. The molecule has 1 aliphatic heterocycles. The number of rotatable bonds is 6. The largest absolute Gasteiger partial charge is 0.507 e. The molecule has 0 radical (unpaired) electrons. The molecular formula is C23H25N3O4. The molecule has 1 aromatic heterocycles. The summed E-state index contributed by atoms with van der Waals surface area (Å²) >= 11 is 0. The molecule has 7 heteroatoms. The van der Waals surface area contributed by atoms with Crippen molar-refractivity contribution >= 4 is 5.91 Å². The van der Waals surface area contributed by atoms with Crippen molar-refractivity contribution in [1.29, 1.82) is 0 Å². The maximum Gasteiger partial charge on any atom is 0.273 e. The van der Waals surface area contributed by atoms with E-state index in [-0.39, 0.29) is 17.7 Å². The van der Waals surface area contributed by atoms with Crippen molar-refractivity contribution in [3.8, 4) is 22.8 Å². The lowest BCUT2D eigenvalue weighted by atomic mass is 9.93. The Morgan fingerprint density at radius 3 is 2.70 bits per heavy atom. The lowest BCUT2D eigenvalue weighted by Gasteiger charge is -2.26. The molecule has 156 valence electrons. The van der Waals surface area contributed by atoms with E-state index in [9.17, 15) is 9.90 Å². The average molecular weight is 407 g/mol. The van der Waals surface area contributed by atoms with Gasteiger partial charge in [0.05, 0.1) is 19.8 Å². The normalized spacial score (nSPS) is 15.5. The number of ether oxygens (including phenoxy) is 2. The molecule has 0 spiro atoms. The summed E-state index contributed by atoms with van der Waals surface area (Å²) < 4.78 is 10.6. The third-order valence-corrected chi connectivity index (χ3v) is 5.51. The second-order valence-electron chi connectivity index (χ2n) is 7.51. The Bertz CT molecular complexity index is 1080. The number of aromatic nitrogens is 2. The predicted octanol–water partition coefficient (Wildman–Crippen LogP) is 3.60. The first-order chi connectivity index (χ1) is 14.5. The monoisotopic (exact) mass is 407 g/mol. The van der Waals surface area contributed by atoms with E-state index in [1.807, 2.05) is 44.2 Å². The summed E-state index contributed by atoms with van der Waals surface area (Å²) in [7, 11) is 3.23. The molecule has 1 amide bonds. The van der Waals surface area contributed by atoms with Gasteiger partial charge in [-0.2, -0.15) is 5.10 Å². The van der Waals surface area contributed by atoms with Crippen molar-refractivity contribution in [3.63, 3.8) is 0 Å². The standard InChI is InChI=1S/C23H25N3O4/c1-13-10-14(2)18(17(27)11-13)20-19-21(25-24-20)23(28)26(8-9-29-3)22(19)15-6-5-7-16(12-15)30-4/h5-7,10-12,22,27H,8-9H2,1-4H3,(H,24,25)/t22-/m0/s1. The zero-order valence-electron chi connectivity index (χ0n) is 17.5. The third-order valence-electron chi connectivity index (χ3n) is 5.51. The van der Waals surface area contributed by atoms with Crippen LogP contribution < -0.4 is 4.74 Å². The van der Waals surface area contributed by atoms with Gasteiger partial charge in [-0.1, -0.05) is 18.2 Å². The number of aryl methyl sites for hydroxylation is 2. The first-order valence-electron chi connectivity index (χ1n) is 9.79. The summed E-state index contributed by atoms with van der Waals surface area (Å²) in [6.07, 6.45) is 0. The zero-order valence-corrected chi connectivity index (χ0v) is 17.5. The van der Waals surface area contributed by atoms with E-state index in [0.717, 1.165) is 22.3 Å². The highest BCUT2D eigenvalue weighted by Crippen LogP contribution is 2.45. The number of H-pyrrole nitrogens is 1. The maximum absolute atomic E-state index is 13.2. The number of benzene rings is 2. The fraction of sp³-hybridized carbons (Fsp3) is 0.304. The zero-order chi connectivity index (χ0) is 21.4. The summed E-state index contributed by atoms with van der Waals surface area (Å²) in [6, 6.07) is 11.0. The molecule has 2 heterocycles. The van der Waals surface area contributed by atoms with E-state index in [0.29, 0.717) is 35.9 Å². The molecule has 30 heavy (non-hydrogen) atoms. The van der Waals surface area contributed by atoms with Crippen LogP contribution >= 0.6 is 0 Å². The Kier molecular flexibility index (Phi) is 5.22. The summed E-state index contributed by atoms with van der Waals surface area (Å²) in [5.74, 6) is 0.714. The molecule has 2 N–H and O–H groups in total. The van der Waals surface area contributed by atoms with Crippen molar-refractivity contribution in [3.05, 3.63) is 64.3 Å². The van der Waals surface area contributed by atoms with E-state index >= 15 is 0 Å². The summed E-state index contributed by atoms with van der Waals surface area (Å²) in [5.41, 5.74) is 5.18. The van der Waals surface area contributed by atoms with Crippen LogP contribution in [0, 0.1) is 13.8 Å². The molecule has 1 atom stereocenters. The highest BCUT2D eigenvalue weighted by molar-refractivity contribution is 6.00. The van der Waals surface area contributed by atoms with Crippen molar-refractivity contribution < 1.29 is 19.4 Å². The number of nitrogens with zero attached hydrogens (tertiary/aromatic N) is 2. The van der Waals surface area contributed by atoms with Crippen molar-refractivity contribution in [2.45, 2.75) is 19.9 Å². The van der Waals surface area contributed by atoms with E-state index in [1.54, 1.807) is 25.2 Å². The van der Waals surface area contributed by atoms with Gasteiger partial charge in [-0.25, -0.2) is 0 Å². The van der Waals surface area contributed by atoms with Gasteiger partial charge in [-0.05, 0) is 48.7 Å². The van der Waals surface area contributed by atoms with Crippen LogP contribution in [0.3, 0.4) is 0 Å². The molecule has 0 aliphatic carbocycles. The minimum atomic E-state index is -0.369. The van der Waals surface area contributed by atoms with E-state index in [4.69, 9.17) is 9.47 Å². The number of aromatic hydroxyl groups is 1. The minimum absolute atomic E-state index is 0.141. The Labute approximate surface area is 175 Å². The molecular weight excluding hydrogens is 382 g/mol. The average Bonchev–Trinajstić information content (AvgIpc) is 3.25. The number of nitrogens with one attached hydrogen (secondary N) is 1. The molecule has 0 fully saturated rings. The van der Waals surface area contributed by atoms with E-state index in [1.165, 1.54) is 0 Å². The van der Waals surface area contributed by atoms with Gasteiger partial charge >= 0.3 is 0 Å². The molecule has 0 saturated carbocycles. The van der Waals surface area contributed by atoms with Gasteiger partial charge in [0.25, 0.3) is 5.91 Å². The van der Waals surface area contributed by atoms with Gasteiger partial charge in [0.15, 0.2) is 0 Å². The number of hydrogen-bond donors (Lipinski definition) is 2. The summed E-state index contributed by atoms with van der Waals surface area (Å²) in [4.78, 5) is 15.0. The minimum Gasteiger partial charge on any atom is -0.507 e. The van der Waals surface area contributed by atoms with Gasteiger partial charge in [0.2, 0.25) is 0 Å². The van der Waals surface area contributed by atoms with Crippen molar-refractivity contribution in [2.75, 3.05) is 27.4 Å². The SMILES string of the molecule is COCCN1C(=O)c2[nH]nc(-c3c(C)cc(C)cc3O)c2[C@@H]1c1cccc(OC)c1. The van der Waals surface area contributed by atoms with Gasteiger partial charge in [-0.3, -0.25) is 9.89 Å². The van der Waals surface area contributed by atoms with Gasteiger partial charge in [0, 0.05) is 24.8 Å². The highest BCUT2D eigenvalue weighted by atomic mass is 16.5. The number of amides is 1. The molecule has 7 nitrogen and oxygen atoms in total. The number of phenolic OH excluding ortho intramolecular Hbond substituents is 1. The second kappa shape index (κ2) is 7.84. The molecule has 0 bridgehead atoms. The number of carbonyl (C=O) groups excluding carboxylic acids is 1. The van der Waals surface area contributed by atoms with Crippen molar-refractivity contribution in [2.24, 2.45) is 0 Å². The quantitative estimate of drug-likeness (QED) is 0.652. The van der Waals surface area contributed by atoms with Crippen LogP contribution in [0.4, 0.5) is 0 Å². The van der Waals surface area contributed by atoms with Gasteiger partial charge in [-0.15, -0.1) is 0 Å². The number of fused-ring (bicyclic) bond motifs is 1. The molecule has 0 saturated heterocycles. The second-order valence-corrected chi connectivity index (χ2v) is 7.51. The summed E-state index contributed by atoms with van der Waals surface area (Å²) in [6.45, 7) is 4.70. The number of carbonyl (C=O) groups is 1. The van der Waals surface area contributed by atoms with Crippen molar-refractivity contribution in [1.82, 2.24) is 15.1 Å². The smallest absolute Gasteiger partial charge is 0.273 e. The number of hydrogen-bond acceptors (Lipinski definition) is 5. The highest BCUT2D eigenvalue weighted by Gasteiger charge is 2.42. The van der Waals surface area contributed by atoms with Crippen LogP contribution in [0.15, 0.2) is 36.4 Å². The molecule has 0 unspecified atom stereocenters. The Morgan fingerprint density at radius 1 is 1.20 bits per heavy atom. The van der Waals surface area contributed by atoms with Crippen LogP contribution in [-0.2, 0) is 4.74 Å². The first kappa shape index (κ1) is 20.0. The van der Waals surface area contributed by atoms with E-state index < -0.39 is 0 Å². The van der Waals surface area contributed by atoms with Crippen LogP contribution in [0.1, 0.15) is 38.8 Å². The van der Waals surface area contributed by atoms with Crippen LogP contribution in [0.2, 0.25) is 0 Å². The first-order valence-corrected chi connectivity index (χ1v) is 9.79. The van der Waals surface area contributed by atoms with E-state index in [2.05, 4.69) is 10.2 Å². The summed E-state index contributed by atoms with van der Waals surface area (Å²) in [5, 5.41) is 18.1. The number of aromatic amines is 1. The molecule has 2 aromatic carbocycles. The number of methoxy groups -OCH3 is 2. The van der Waals surface area contributed by atoms with Crippen LogP contribution in [0.25, 0.3) is 11.3 Å². The Morgan fingerprint density at radius 2 is 2.00 bits per heavy atom. The number of phenols is 1. The molecule has 4 rings (SSSR count). The lowest BCUT2D eigenvalue weighted by Crippen LogP contribution is -2.32. The third kappa shape index (κ3) is 3.21.